The SMILES string of the molecule is CCC(C)N1C(=O)C(C(C)C)NC1c1ccccc1OC. The first-order valence-electron chi connectivity index (χ1n) is 7.72. The standard InChI is InChI=1S/C17H26N2O2/c1-6-12(4)19-16(18-15(11(2)3)17(19)20)13-9-7-8-10-14(13)21-5/h7-12,15-16,18H,6H2,1-5H3. The lowest BCUT2D eigenvalue weighted by Crippen LogP contribution is -2.39. The highest BCUT2D eigenvalue weighted by atomic mass is 16.5. The van der Waals surface area contributed by atoms with E-state index in [4.69, 9.17) is 4.74 Å². The van der Waals surface area contributed by atoms with Crippen LogP contribution in [-0.4, -0.2) is 30.0 Å². The third-order valence-corrected chi connectivity index (χ3v) is 4.30. The number of nitrogens with zero attached hydrogens (tertiary/aromatic N) is 1. The Hall–Kier alpha value is -1.55. The van der Waals surface area contributed by atoms with E-state index in [9.17, 15) is 4.79 Å². The molecule has 1 saturated heterocycles. The Morgan fingerprint density at radius 2 is 1.95 bits per heavy atom. The van der Waals surface area contributed by atoms with E-state index in [-0.39, 0.29) is 30.1 Å². The summed E-state index contributed by atoms with van der Waals surface area (Å²) in [6.07, 6.45) is 0.820. The summed E-state index contributed by atoms with van der Waals surface area (Å²) in [5.41, 5.74) is 1.02. The van der Waals surface area contributed by atoms with Crippen LogP contribution < -0.4 is 10.1 Å². The minimum atomic E-state index is -0.131. The zero-order chi connectivity index (χ0) is 15.6. The smallest absolute Gasteiger partial charge is 0.241 e. The lowest BCUT2D eigenvalue weighted by Gasteiger charge is -2.30. The maximum atomic E-state index is 12.8. The molecule has 1 fully saturated rings. The first-order valence-corrected chi connectivity index (χ1v) is 7.72. The van der Waals surface area contributed by atoms with Crippen LogP contribution in [0.25, 0.3) is 0 Å². The molecule has 0 spiro atoms. The van der Waals surface area contributed by atoms with Crippen LogP contribution in [0.1, 0.15) is 45.8 Å². The third kappa shape index (κ3) is 2.91. The number of ether oxygens (including phenoxy) is 1. The van der Waals surface area contributed by atoms with Gasteiger partial charge in [0.05, 0.1) is 13.2 Å². The third-order valence-electron chi connectivity index (χ3n) is 4.30. The molecule has 0 aliphatic carbocycles. The monoisotopic (exact) mass is 290 g/mol. The van der Waals surface area contributed by atoms with E-state index < -0.39 is 0 Å². The van der Waals surface area contributed by atoms with Crippen molar-refractivity contribution >= 4 is 5.91 Å². The average Bonchev–Trinajstić information content (AvgIpc) is 2.84. The maximum Gasteiger partial charge on any atom is 0.241 e. The summed E-state index contributed by atoms with van der Waals surface area (Å²) in [6.45, 7) is 8.37. The number of nitrogens with one attached hydrogen (secondary N) is 1. The molecule has 1 aliphatic rings. The number of carbonyl (C=O) groups is 1. The number of carbonyl (C=O) groups excluding carboxylic acids is 1. The van der Waals surface area contributed by atoms with Gasteiger partial charge in [0.15, 0.2) is 0 Å². The van der Waals surface area contributed by atoms with Gasteiger partial charge in [0.1, 0.15) is 11.9 Å². The second-order valence-corrected chi connectivity index (χ2v) is 6.04. The van der Waals surface area contributed by atoms with Gasteiger partial charge in [0, 0.05) is 11.6 Å². The first kappa shape index (κ1) is 15.8. The average molecular weight is 290 g/mol. The quantitative estimate of drug-likeness (QED) is 0.906. The van der Waals surface area contributed by atoms with Gasteiger partial charge >= 0.3 is 0 Å². The molecule has 1 N–H and O–H groups in total. The predicted molar refractivity (Wildman–Crippen MR) is 84.1 cm³/mol. The number of hydrogen-bond acceptors (Lipinski definition) is 3. The van der Waals surface area contributed by atoms with Crippen LogP contribution in [0.3, 0.4) is 0 Å². The van der Waals surface area contributed by atoms with Crippen molar-refractivity contribution in [2.24, 2.45) is 5.92 Å². The van der Waals surface area contributed by atoms with E-state index in [1.165, 1.54) is 0 Å². The van der Waals surface area contributed by atoms with Gasteiger partial charge in [-0.05, 0) is 25.3 Å². The molecule has 3 unspecified atom stereocenters. The van der Waals surface area contributed by atoms with E-state index in [1.54, 1.807) is 7.11 Å². The molecule has 116 valence electrons. The fourth-order valence-corrected chi connectivity index (χ4v) is 2.89. The molecule has 3 atom stereocenters. The van der Waals surface area contributed by atoms with E-state index in [2.05, 4.69) is 33.0 Å². The highest BCUT2D eigenvalue weighted by molar-refractivity contribution is 5.85. The molecule has 1 amide bonds. The number of benzene rings is 1. The maximum absolute atomic E-state index is 12.8. The normalized spacial score (nSPS) is 23.7. The van der Waals surface area contributed by atoms with Gasteiger partial charge in [-0.15, -0.1) is 0 Å². The minimum absolute atomic E-state index is 0.115. The molecule has 0 radical (unpaired) electrons. The Morgan fingerprint density at radius 3 is 2.52 bits per heavy atom. The lowest BCUT2D eigenvalue weighted by molar-refractivity contribution is -0.132. The van der Waals surface area contributed by atoms with Gasteiger partial charge in [0.2, 0.25) is 5.91 Å². The van der Waals surface area contributed by atoms with Crippen LogP contribution in [0.15, 0.2) is 24.3 Å². The van der Waals surface area contributed by atoms with Crippen molar-refractivity contribution in [2.45, 2.75) is 52.4 Å². The first-order chi connectivity index (χ1) is 10.0. The highest BCUT2D eigenvalue weighted by Crippen LogP contribution is 2.35. The Morgan fingerprint density at radius 1 is 1.29 bits per heavy atom. The molecule has 1 aliphatic heterocycles. The van der Waals surface area contributed by atoms with Crippen molar-refractivity contribution in [3.63, 3.8) is 0 Å². The Labute approximate surface area is 127 Å². The number of rotatable bonds is 5. The van der Waals surface area contributed by atoms with E-state index in [0.29, 0.717) is 0 Å². The molecule has 0 saturated carbocycles. The van der Waals surface area contributed by atoms with Crippen molar-refractivity contribution in [2.75, 3.05) is 7.11 Å². The molecule has 21 heavy (non-hydrogen) atoms. The summed E-state index contributed by atoms with van der Waals surface area (Å²) >= 11 is 0. The van der Waals surface area contributed by atoms with Crippen LogP contribution in [0, 0.1) is 5.92 Å². The fourth-order valence-electron chi connectivity index (χ4n) is 2.89. The van der Waals surface area contributed by atoms with E-state index in [1.807, 2.05) is 29.2 Å². The van der Waals surface area contributed by atoms with Crippen LogP contribution in [-0.2, 0) is 4.79 Å². The topological polar surface area (TPSA) is 41.6 Å². The van der Waals surface area contributed by atoms with E-state index >= 15 is 0 Å². The van der Waals surface area contributed by atoms with Crippen LogP contribution in [0.2, 0.25) is 0 Å². The van der Waals surface area contributed by atoms with Gasteiger partial charge in [-0.25, -0.2) is 0 Å². The molecule has 2 rings (SSSR count). The number of amides is 1. The second kappa shape index (κ2) is 6.48. The number of hydrogen-bond donors (Lipinski definition) is 1. The summed E-state index contributed by atoms with van der Waals surface area (Å²) < 4.78 is 5.47. The number of para-hydroxylation sites is 1. The van der Waals surface area contributed by atoms with Crippen LogP contribution in [0.4, 0.5) is 0 Å². The summed E-state index contributed by atoms with van der Waals surface area (Å²) in [5, 5.41) is 3.49. The molecule has 1 aromatic carbocycles. The zero-order valence-corrected chi connectivity index (χ0v) is 13.6. The zero-order valence-electron chi connectivity index (χ0n) is 13.6. The fraction of sp³-hybridized carbons (Fsp3) is 0.588. The van der Waals surface area contributed by atoms with E-state index in [0.717, 1.165) is 17.7 Å². The van der Waals surface area contributed by atoms with Crippen LogP contribution in [0.5, 0.6) is 5.75 Å². The van der Waals surface area contributed by atoms with Crippen LogP contribution >= 0.6 is 0 Å². The molecule has 0 aromatic heterocycles. The van der Waals surface area contributed by atoms with Gasteiger partial charge < -0.3 is 9.64 Å². The van der Waals surface area contributed by atoms with Gasteiger partial charge in [0.25, 0.3) is 0 Å². The second-order valence-electron chi connectivity index (χ2n) is 6.04. The van der Waals surface area contributed by atoms with Crippen molar-refractivity contribution in [1.82, 2.24) is 10.2 Å². The summed E-state index contributed by atoms with van der Waals surface area (Å²) in [5.74, 6) is 1.28. The van der Waals surface area contributed by atoms with Gasteiger partial charge in [-0.3, -0.25) is 10.1 Å². The predicted octanol–water partition coefficient (Wildman–Crippen LogP) is 2.95. The lowest BCUT2D eigenvalue weighted by atomic mass is 10.0. The summed E-state index contributed by atoms with van der Waals surface area (Å²) in [4.78, 5) is 14.7. The molecular weight excluding hydrogens is 264 g/mol. The summed E-state index contributed by atoms with van der Waals surface area (Å²) in [6, 6.07) is 7.98. The molecule has 1 aromatic rings. The van der Waals surface area contributed by atoms with Crippen molar-refractivity contribution in [3.05, 3.63) is 29.8 Å². The minimum Gasteiger partial charge on any atom is -0.496 e. The largest absolute Gasteiger partial charge is 0.496 e. The summed E-state index contributed by atoms with van der Waals surface area (Å²) in [7, 11) is 1.67. The molecule has 4 heteroatoms. The number of methoxy groups -OCH3 is 1. The molecule has 0 bridgehead atoms. The highest BCUT2D eigenvalue weighted by Gasteiger charge is 2.43. The van der Waals surface area contributed by atoms with Gasteiger partial charge in [-0.2, -0.15) is 0 Å². The molecule has 1 heterocycles. The van der Waals surface area contributed by atoms with Crippen molar-refractivity contribution in [1.29, 1.82) is 0 Å². The molecule has 4 nitrogen and oxygen atoms in total. The Balaban J connectivity index is 2.41. The van der Waals surface area contributed by atoms with Gasteiger partial charge in [-0.1, -0.05) is 39.0 Å². The van der Waals surface area contributed by atoms with Crippen molar-refractivity contribution < 1.29 is 9.53 Å². The Kier molecular flexibility index (Phi) is 4.88. The molecular formula is C17H26N2O2. The Bertz CT molecular complexity index is 501. The van der Waals surface area contributed by atoms with Crippen molar-refractivity contribution in [3.8, 4) is 5.75 Å².